The van der Waals surface area contributed by atoms with Crippen molar-refractivity contribution < 1.29 is 36.2 Å². The van der Waals surface area contributed by atoms with Gasteiger partial charge < -0.3 is 20.5 Å². The first kappa shape index (κ1) is 14.7. The van der Waals surface area contributed by atoms with E-state index in [4.69, 9.17) is 5.73 Å². The van der Waals surface area contributed by atoms with Gasteiger partial charge in [-0.15, -0.1) is 8.78 Å². The molecule has 3 N–H and O–H groups in total. The summed E-state index contributed by atoms with van der Waals surface area (Å²) in [6, 6.07) is 1.73. The average molecular weight is 324 g/mol. The number of nitrogens with one attached hydrogen (secondary N) is 1. The molecule has 0 atom stereocenters. The number of hydrogen-bond donors (Lipinski definition) is 2. The number of halogens is 5. The minimum absolute atomic E-state index is 0.245. The first-order valence-electron chi connectivity index (χ1n) is 6.12. The number of carbonyl (C=O) groups is 1. The van der Waals surface area contributed by atoms with Gasteiger partial charge in [-0.1, -0.05) is 0 Å². The molecule has 1 amide bonds. The Kier molecular flexibility index (Phi) is 2.76. The third kappa shape index (κ3) is 2.28. The predicted octanol–water partition coefficient (Wildman–Crippen LogP) is 2.42. The largest absolute Gasteiger partial charge is 0.586 e. The van der Waals surface area contributed by atoms with Gasteiger partial charge >= 0.3 is 12.5 Å². The highest BCUT2D eigenvalue weighted by Crippen LogP contribution is 2.49. The number of ether oxygens (including phenoxy) is 2. The summed E-state index contributed by atoms with van der Waals surface area (Å²) in [5.74, 6) is -1.98. The lowest BCUT2D eigenvalue weighted by Gasteiger charge is -2.21. The topological polar surface area (TPSA) is 73.6 Å². The molecular weight excluding hydrogens is 315 g/mol. The smallest absolute Gasteiger partial charge is 0.398 e. The third-order valence-electron chi connectivity index (χ3n) is 3.46. The summed E-state index contributed by atoms with van der Waals surface area (Å²) in [7, 11) is 0. The van der Waals surface area contributed by atoms with Gasteiger partial charge in [-0.2, -0.15) is 13.2 Å². The van der Waals surface area contributed by atoms with Crippen LogP contribution in [-0.2, 0) is 0 Å². The van der Waals surface area contributed by atoms with Gasteiger partial charge in [0, 0.05) is 11.8 Å². The lowest BCUT2D eigenvalue weighted by Crippen LogP contribution is -2.48. The van der Waals surface area contributed by atoms with Crippen molar-refractivity contribution in [3.63, 3.8) is 0 Å². The molecule has 1 aromatic rings. The van der Waals surface area contributed by atoms with Gasteiger partial charge in [-0.05, 0) is 18.9 Å². The van der Waals surface area contributed by atoms with Crippen molar-refractivity contribution in [3.05, 3.63) is 17.7 Å². The van der Waals surface area contributed by atoms with E-state index < -0.39 is 41.0 Å². The first-order chi connectivity index (χ1) is 10.0. The molecule has 1 fully saturated rings. The van der Waals surface area contributed by atoms with Crippen LogP contribution in [0.5, 0.6) is 11.5 Å². The van der Waals surface area contributed by atoms with Crippen LogP contribution in [-0.4, -0.2) is 23.9 Å². The number of nitrogens with two attached hydrogens (primary N) is 1. The fourth-order valence-corrected chi connectivity index (χ4v) is 2.10. The van der Waals surface area contributed by atoms with Crippen LogP contribution in [0.1, 0.15) is 23.2 Å². The normalized spacial score (nSPS) is 20.6. The van der Waals surface area contributed by atoms with Crippen LogP contribution >= 0.6 is 0 Å². The maximum absolute atomic E-state index is 12.9. The molecule has 1 aliphatic heterocycles. The Morgan fingerprint density at radius 1 is 1.18 bits per heavy atom. The molecule has 22 heavy (non-hydrogen) atoms. The van der Waals surface area contributed by atoms with E-state index >= 15 is 0 Å². The van der Waals surface area contributed by atoms with Gasteiger partial charge in [-0.25, -0.2) is 0 Å². The molecule has 2 aliphatic rings. The Morgan fingerprint density at radius 2 is 1.73 bits per heavy atom. The van der Waals surface area contributed by atoms with Crippen LogP contribution in [0.3, 0.4) is 0 Å². The molecule has 1 saturated carbocycles. The van der Waals surface area contributed by atoms with Crippen molar-refractivity contribution in [1.82, 2.24) is 5.32 Å². The Labute approximate surface area is 120 Å². The number of alkyl halides is 5. The quantitative estimate of drug-likeness (QED) is 0.647. The van der Waals surface area contributed by atoms with E-state index in [0.717, 1.165) is 12.1 Å². The number of benzene rings is 1. The zero-order valence-corrected chi connectivity index (χ0v) is 10.8. The SMILES string of the molecule is Nc1cc2c(cc1C(=O)NC1(C(F)(F)F)CC1)OC(F)(F)O2. The Bertz CT molecular complexity index is 655. The molecule has 1 aromatic carbocycles. The van der Waals surface area contributed by atoms with E-state index in [1.54, 1.807) is 0 Å². The van der Waals surface area contributed by atoms with Crippen molar-refractivity contribution in [2.45, 2.75) is 30.9 Å². The predicted molar refractivity (Wildman–Crippen MR) is 62.5 cm³/mol. The van der Waals surface area contributed by atoms with Crippen molar-refractivity contribution in [2.75, 3.05) is 5.73 Å². The number of hydrogen-bond acceptors (Lipinski definition) is 4. The fourth-order valence-electron chi connectivity index (χ4n) is 2.10. The second-order valence-electron chi connectivity index (χ2n) is 5.09. The van der Waals surface area contributed by atoms with Gasteiger partial charge in [-0.3, -0.25) is 4.79 Å². The molecule has 3 rings (SSSR count). The van der Waals surface area contributed by atoms with Crippen LogP contribution < -0.4 is 20.5 Å². The van der Waals surface area contributed by atoms with E-state index in [9.17, 15) is 26.7 Å². The standard InChI is InChI=1S/C12H9F5N2O3/c13-11(14,15)10(1-2-10)19-9(20)5-3-7-8(4-6(5)18)22-12(16,17)21-7/h3-4H,1-2,18H2,(H,19,20). The zero-order chi connectivity index (χ0) is 16.3. The Morgan fingerprint density at radius 3 is 2.23 bits per heavy atom. The third-order valence-corrected chi connectivity index (χ3v) is 3.46. The second kappa shape index (κ2) is 4.14. The highest BCUT2D eigenvalue weighted by atomic mass is 19.4. The molecule has 120 valence electrons. The second-order valence-corrected chi connectivity index (χ2v) is 5.09. The molecule has 0 radical (unpaired) electrons. The number of rotatable bonds is 2. The van der Waals surface area contributed by atoms with Gasteiger partial charge in [0.15, 0.2) is 11.5 Å². The molecule has 0 saturated heterocycles. The number of carbonyl (C=O) groups excluding carboxylic acids is 1. The molecule has 0 spiro atoms. The Balaban J connectivity index is 1.86. The summed E-state index contributed by atoms with van der Waals surface area (Å²) >= 11 is 0. The number of anilines is 1. The molecule has 0 bridgehead atoms. The monoisotopic (exact) mass is 324 g/mol. The van der Waals surface area contributed by atoms with E-state index in [0.29, 0.717) is 0 Å². The summed E-state index contributed by atoms with van der Waals surface area (Å²) in [5, 5.41) is 1.85. The molecule has 0 aromatic heterocycles. The highest BCUT2D eigenvalue weighted by molar-refractivity contribution is 6.00. The fraction of sp³-hybridized carbons (Fsp3) is 0.417. The van der Waals surface area contributed by atoms with Crippen LogP contribution in [0.15, 0.2) is 12.1 Å². The van der Waals surface area contributed by atoms with Crippen LogP contribution in [0.4, 0.5) is 27.6 Å². The maximum Gasteiger partial charge on any atom is 0.586 e. The summed E-state index contributed by atoms with van der Waals surface area (Å²) in [5.41, 5.74) is 2.54. The van der Waals surface area contributed by atoms with Crippen LogP contribution in [0.2, 0.25) is 0 Å². The van der Waals surface area contributed by atoms with E-state index in [1.807, 2.05) is 5.32 Å². The number of nitrogen functional groups attached to an aromatic ring is 1. The van der Waals surface area contributed by atoms with Crippen molar-refractivity contribution >= 4 is 11.6 Å². The van der Waals surface area contributed by atoms with Crippen LogP contribution in [0, 0.1) is 0 Å². The summed E-state index contributed by atoms with van der Waals surface area (Å²) in [6.07, 6.45) is -9.00. The lowest BCUT2D eigenvalue weighted by atomic mass is 10.1. The molecule has 5 nitrogen and oxygen atoms in total. The van der Waals surface area contributed by atoms with Crippen molar-refractivity contribution in [3.8, 4) is 11.5 Å². The molecule has 0 unspecified atom stereocenters. The highest BCUT2D eigenvalue weighted by Gasteiger charge is 2.64. The van der Waals surface area contributed by atoms with E-state index in [2.05, 4.69) is 9.47 Å². The summed E-state index contributed by atoms with van der Waals surface area (Å²) in [6.45, 7) is 0. The van der Waals surface area contributed by atoms with Gasteiger partial charge in [0.2, 0.25) is 0 Å². The van der Waals surface area contributed by atoms with E-state index in [-0.39, 0.29) is 18.5 Å². The molecule has 10 heteroatoms. The summed E-state index contributed by atoms with van der Waals surface area (Å²) in [4.78, 5) is 12.0. The zero-order valence-electron chi connectivity index (χ0n) is 10.8. The van der Waals surface area contributed by atoms with Gasteiger partial charge in [0.05, 0.1) is 5.56 Å². The van der Waals surface area contributed by atoms with Gasteiger partial charge in [0.1, 0.15) is 5.54 Å². The first-order valence-corrected chi connectivity index (χ1v) is 6.12. The minimum atomic E-state index is -4.60. The maximum atomic E-state index is 12.9. The van der Waals surface area contributed by atoms with Crippen molar-refractivity contribution in [1.29, 1.82) is 0 Å². The average Bonchev–Trinajstić information content (AvgIpc) is 3.05. The molecule has 1 heterocycles. The number of fused-ring (bicyclic) bond motifs is 1. The van der Waals surface area contributed by atoms with Crippen LogP contribution in [0.25, 0.3) is 0 Å². The van der Waals surface area contributed by atoms with E-state index in [1.165, 1.54) is 0 Å². The lowest BCUT2D eigenvalue weighted by molar-refractivity contribution is -0.286. The van der Waals surface area contributed by atoms with Gasteiger partial charge in [0.25, 0.3) is 5.91 Å². The number of amides is 1. The van der Waals surface area contributed by atoms with Crippen molar-refractivity contribution in [2.24, 2.45) is 0 Å². The molecule has 1 aliphatic carbocycles. The summed E-state index contributed by atoms with van der Waals surface area (Å²) < 4.78 is 72.5. The Hall–Kier alpha value is -2.26. The molecular formula is C12H9F5N2O3. The minimum Gasteiger partial charge on any atom is -0.398 e.